The van der Waals surface area contributed by atoms with Crippen LogP contribution in [-0.2, 0) is 9.53 Å². The molecule has 1 aliphatic heterocycles. The number of hydrogen-bond acceptors (Lipinski definition) is 8. The van der Waals surface area contributed by atoms with Gasteiger partial charge in [0.1, 0.15) is 5.75 Å². The van der Waals surface area contributed by atoms with Gasteiger partial charge in [0.2, 0.25) is 11.6 Å². The first-order valence-electron chi connectivity index (χ1n) is 9.29. The zero-order valence-electron chi connectivity index (χ0n) is 16.5. The molecule has 0 bridgehead atoms. The van der Waals surface area contributed by atoms with Crippen molar-refractivity contribution in [3.63, 3.8) is 0 Å². The summed E-state index contributed by atoms with van der Waals surface area (Å²) in [6.07, 6.45) is 1.49. The predicted octanol–water partition coefficient (Wildman–Crippen LogP) is 5.40. The largest absolute Gasteiger partial charge is 0.450 e. The number of benzene rings is 3. The quantitative estimate of drug-likeness (QED) is 0.188. The van der Waals surface area contributed by atoms with Crippen LogP contribution >= 0.6 is 15.9 Å². The van der Waals surface area contributed by atoms with E-state index in [-0.39, 0.29) is 23.1 Å². The summed E-state index contributed by atoms with van der Waals surface area (Å²) in [5, 5.41) is 22.2. The van der Waals surface area contributed by atoms with E-state index in [9.17, 15) is 25.0 Å². The first kappa shape index (κ1) is 21.8. The van der Waals surface area contributed by atoms with E-state index in [1.807, 2.05) is 0 Å². The second kappa shape index (κ2) is 9.01. The van der Waals surface area contributed by atoms with Crippen LogP contribution in [0.3, 0.4) is 0 Å². The molecule has 0 saturated heterocycles. The summed E-state index contributed by atoms with van der Waals surface area (Å²) in [7, 11) is 0. The van der Waals surface area contributed by atoms with Gasteiger partial charge in [0.05, 0.1) is 15.9 Å². The Kier molecular flexibility index (Phi) is 5.96. The van der Waals surface area contributed by atoms with E-state index in [2.05, 4.69) is 20.9 Å². The monoisotopic (exact) mass is 509 g/mol. The van der Waals surface area contributed by atoms with Crippen molar-refractivity contribution in [2.45, 2.75) is 0 Å². The molecule has 3 aromatic rings. The fourth-order valence-corrected chi connectivity index (χ4v) is 3.19. The molecule has 164 valence electrons. The molecule has 1 heterocycles. The van der Waals surface area contributed by atoms with Crippen LogP contribution in [-0.4, -0.2) is 21.7 Å². The lowest BCUT2D eigenvalue weighted by atomic mass is 10.2. The maximum atomic E-state index is 12.2. The Morgan fingerprint density at radius 2 is 1.73 bits per heavy atom. The number of nitrogens with zero attached hydrogens (tertiary/aromatic N) is 3. The van der Waals surface area contributed by atoms with Crippen molar-refractivity contribution in [3.05, 3.63) is 108 Å². The van der Waals surface area contributed by atoms with Gasteiger partial charge in [-0.15, -0.1) is 0 Å². The molecular formula is C22H12BrN3O7. The van der Waals surface area contributed by atoms with Crippen LogP contribution in [0.15, 0.2) is 81.9 Å². The van der Waals surface area contributed by atoms with Crippen molar-refractivity contribution in [1.82, 2.24) is 0 Å². The van der Waals surface area contributed by atoms with E-state index in [0.717, 1.165) is 22.7 Å². The molecule has 11 heteroatoms. The van der Waals surface area contributed by atoms with E-state index in [1.54, 1.807) is 48.5 Å². The molecule has 0 spiro atoms. The maximum absolute atomic E-state index is 12.2. The third-order valence-electron chi connectivity index (χ3n) is 4.45. The lowest BCUT2D eigenvalue weighted by Gasteiger charge is -2.07. The Morgan fingerprint density at radius 1 is 0.970 bits per heavy atom. The summed E-state index contributed by atoms with van der Waals surface area (Å²) in [5.74, 6) is -0.381. The molecule has 33 heavy (non-hydrogen) atoms. The van der Waals surface area contributed by atoms with Crippen LogP contribution in [0.1, 0.15) is 11.1 Å². The molecule has 0 fully saturated rings. The third kappa shape index (κ3) is 4.93. The van der Waals surface area contributed by atoms with E-state index in [1.165, 1.54) is 6.08 Å². The van der Waals surface area contributed by atoms with Crippen LogP contribution in [0.2, 0.25) is 0 Å². The number of ether oxygens (including phenoxy) is 2. The zero-order valence-corrected chi connectivity index (χ0v) is 18.1. The molecule has 0 aliphatic carbocycles. The number of aliphatic imine (C=N–C) groups is 1. The van der Waals surface area contributed by atoms with E-state index in [4.69, 9.17) is 9.47 Å². The fourth-order valence-electron chi connectivity index (χ4n) is 2.93. The fraction of sp³-hybridized carbons (Fsp3) is 0. The minimum absolute atomic E-state index is 0.0754. The summed E-state index contributed by atoms with van der Waals surface area (Å²) in [4.78, 5) is 37.2. The third-order valence-corrected chi connectivity index (χ3v) is 4.98. The van der Waals surface area contributed by atoms with Crippen LogP contribution in [0.5, 0.6) is 11.5 Å². The van der Waals surface area contributed by atoms with Crippen molar-refractivity contribution >= 4 is 45.2 Å². The SMILES string of the molecule is O=C1OC(c2ccc(Br)cc2)=N/C1=C/c1cccc(Oc2ccc([N+](=O)[O-])cc2[N+](=O)[O-])c1. The molecule has 3 aromatic carbocycles. The van der Waals surface area contributed by atoms with Crippen molar-refractivity contribution in [1.29, 1.82) is 0 Å². The van der Waals surface area contributed by atoms with E-state index >= 15 is 0 Å². The number of non-ortho nitro benzene ring substituents is 1. The summed E-state index contributed by atoms with van der Waals surface area (Å²) in [5.41, 5.74) is 0.275. The van der Waals surface area contributed by atoms with Gasteiger partial charge in [-0.05, 0) is 54.1 Å². The first-order chi connectivity index (χ1) is 15.8. The average Bonchev–Trinajstić information content (AvgIpc) is 3.14. The second-order valence-electron chi connectivity index (χ2n) is 6.68. The zero-order chi connectivity index (χ0) is 23.5. The van der Waals surface area contributed by atoms with Crippen LogP contribution in [0, 0.1) is 20.2 Å². The number of carbonyl (C=O) groups is 1. The highest BCUT2D eigenvalue weighted by molar-refractivity contribution is 9.10. The van der Waals surface area contributed by atoms with E-state index < -0.39 is 27.2 Å². The first-order valence-corrected chi connectivity index (χ1v) is 10.1. The Balaban J connectivity index is 1.61. The number of esters is 1. The van der Waals surface area contributed by atoms with Gasteiger partial charge in [-0.2, -0.15) is 0 Å². The molecule has 1 aliphatic rings. The van der Waals surface area contributed by atoms with Crippen LogP contribution < -0.4 is 4.74 Å². The van der Waals surface area contributed by atoms with Gasteiger partial charge >= 0.3 is 11.7 Å². The Bertz CT molecular complexity index is 1350. The molecule has 0 N–H and O–H groups in total. The van der Waals surface area contributed by atoms with Crippen molar-refractivity contribution in [3.8, 4) is 11.5 Å². The number of cyclic esters (lactones) is 1. The van der Waals surface area contributed by atoms with Crippen molar-refractivity contribution in [2.75, 3.05) is 0 Å². The lowest BCUT2D eigenvalue weighted by molar-refractivity contribution is -0.394. The summed E-state index contributed by atoms with van der Waals surface area (Å²) >= 11 is 3.34. The normalized spacial score (nSPS) is 14.0. The Hall–Kier alpha value is -4.38. The molecule has 0 radical (unpaired) electrons. The number of nitro benzene ring substituents is 2. The standard InChI is InChI=1S/C22H12BrN3O7/c23-15-6-4-14(5-7-15)21-24-18(22(27)33-21)11-13-2-1-3-17(10-13)32-20-9-8-16(25(28)29)12-19(20)26(30)31/h1-12H/b18-11+. The lowest BCUT2D eigenvalue weighted by Crippen LogP contribution is -2.05. The predicted molar refractivity (Wildman–Crippen MR) is 121 cm³/mol. The van der Waals surface area contributed by atoms with Gasteiger partial charge in [-0.25, -0.2) is 9.79 Å². The van der Waals surface area contributed by atoms with Gasteiger partial charge in [0.15, 0.2) is 5.70 Å². The molecule has 0 saturated carbocycles. The molecule has 0 aromatic heterocycles. The number of carbonyl (C=O) groups excluding carboxylic acids is 1. The topological polar surface area (TPSA) is 134 Å². The molecule has 0 amide bonds. The Labute approximate surface area is 194 Å². The van der Waals surface area contributed by atoms with Crippen molar-refractivity contribution in [2.24, 2.45) is 4.99 Å². The smallest absolute Gasteiger partial charge is 0.363 e. The minimum atomic E-state index is -0.763. The molecule has 0 unspecified atom stereocenters. The number of rotatable bonds is 6. The molecule has 4 rings (SSSR count). The summed E-state index contributed by atoms with van der Waals surface area (Å²) in [6.45, 7) is 0. The highest BCUT2D eigenvalue weighted by Crippen LogP contribution is 2.34. The number of halogens is 1. The molecule has 10 nitrogen and oxygen atoms in total. The summed E-state index contributed by atoms with van der Waals surface area (Å²) in [6, 6.07) is 16.6. The highest BCUT2D eigenvalue weighted by atomic mass is 79.9. The van der Waals surface area contributed by atoms with Gasteiger partial charge in [-0.3, -0.25) is 20.2 Å². The van der Waals surface area contributed by atoms with Gasteiger partial charge < -0.3 is 9.47 Å². The van der Waals surface area contributed by atoms with E-state index in [0.29, 0.717) is 11.1 Å². The number of nitro groups is 2. The van der Waals surface area contributed by atoms with Gasteiger partial charge in [-0.1, -0.05) is 28.1 Å². The van der Waals surface area contributed by atoms with Crippen LogP contribution in [0.4, 0.5) is 11.4 Å². The second-order valence-corrected chi connectivity index (χ2v) is 7.60. The highest BCUT2D eigenvalue weighted by Gasteiger charge is 2.24. The van der Waals surface area contributed by atoms with Gasteiger partial charge in [0, 0.05) is 16.1 Å². The van der Waals surface area contributed by atoms with Crippen molar-refractivity contribution < 1.29 is 24.1 Å². The average molecular weight is 510 g/mol. The Morgan fingerprint density at radius 3 is 2.42 bits per heavy atom. The minimum Gasteiger partial charge on any atom is -0.450 e. The number of hydrogen-bond donors (Lipinski definition) is 0. The molecular weight excluding hydrogens is 498 g/mol. The maximum Gasteiger partial charge on any atom is 0.363 e. The van der Waals surface area contributed by atoms with Crippen LogP contribution in [0.25, 0.3) is 6.08 Å². The molecule has 0 atom stereocenters. The summed E-state index contributed by atoms with van der Waals surface area (Å²) < 4.78 is 11.7. The van der Waals surface area contributed by atoms with Gasteiger partial charge in [0.25, 0.3) is 5.69 Å².